The Balaban J connectivity index is 1.35. The number of hydrogen-bond donors (Lipinski definition) is 1. The van der Waals surface area contributed by atoms with Gasteiger partial charge in [0, 0.05) is 25.3 Å². The smallest absolute Gasteiger partial charge is 0.269 e. The fourth-order valence-corrected chi connectivity index (χ4v) is 5.28. The number of piperidine rings is 1. The van der Waals surface area contributed by atoms with Crippen molar-refractivity contribution >= 4 is 27.5 Å². The fraction of sp³-hybridized carbons (Fsp3) is 0.333. The van der Waals surface area contributed by atoms with Gasteiger partial charge in [0.05, 0.1) is 5.56 Å². The van der Waals surface area contributed by atoms with Gasteiger partial charge in [0.2, 0.25) is 5.91 Å². The molecule has 1 N–H and O–H groups in total. The molecule has 2 aromatic rings. The Morgan fingerprint density at radius 2 is 1.66 bits per heavy atom. The monoisotopic (exact) mass is 413 g/mol. The van der Waals surface area contributed by atoms with Crippen LogP contribution in [0.2, 0.25) is 0 Å². The van der Waals surface area contributed by atoms with Crippen LogP contribution in [0.15, 0.2) is 53.4 Å². The molecule has 0 radical (unpaired) electrons. The van der Waals surface area contributed by atoms with Crippen LogP contribution in [0.5, 0.6) is 0 Å². The number of rotatable bonds is 5. The molecule has 2 aliphatic heterocycles. The van der Waals surface area contributed by atoms with Gasteiger partial charge in [-0.2, -0.15) is 0 Å². The highest BCUT2D eigenvalue weighted by atomic mass is 32.2. The van der Waals surface area contributed by atoms with Crippen molar-refractivity contribution in [1.82, 2.24) is 9.62 Å². The van der Waals surface area contributed by atoms with Crippen LogP contribution >= 0.6 is 0 Å². The second-order valence-electron chi connectivity index (χ2n) is 7.30. The van der Waals surface area contributed by atoms with E-state index < -0.39 is 28.4 Å². The molecule has 4 rings (SSSR count). The summed E-state index contributed by atoms with van der Waals surface area (Å²) in [5, 5.41) is 2.70. The summed E-state index contributed by atoms with van der Waals surface area (Å²) in [6, 6.07) is 14.0. The van der Waals surface area contributed by atoms with Crippen molar-refractivity contribution in [3.8, 4) is 0 Å². The normalized spacial score (nSPS) is 17.9. The van der Waals surface area contributed by atoms with E-state index in [1.165, 1.54) is 37.1 Å². The zero-order valence-electron chi connectivity index (χ0n) is 16.0. The third-order valence-electron chi connectivity index (χ3n) is 5.35. The average Bonchev–Trinajstić information content (AvgIpc) is 2.94. The minimum Gasteiger partial charge on any atom is -0.372 e. The Morgan fingerprint density at radius 3 is 2.34 bits per heavy atom. The van der Waals surface area contributed by atoms with Crippen LogP contribution in [-0.2, 0) is 21.4 Å². The van der Waals surface area contributed by atoms with Crippen molar-refractivity contribution in [1.29, 1.82) is 0 Å². The predicted octanol–water partition coefficient (Wildman–Crippen LogP) is 2.14. The molecular weight excluding hydrogens is 390 g/mol. The van der Waals surface area contributed by atoms with Crippen molar-refractivity contribution in [2.75, 3.05) is 24.5 Å². The number of anilines is 1. The highest BCUT2D eigenvalue weighted by Gasteiger charge is 2.41. The molecule has 0 aliphatic carbocycles. The van der Waals surface area contributed by atoms with E-state index in [0.29, 0.717) is 4.31 Å². The fourth-order valence-electron chi connectivity index (χ4n) is 3.75. The molecule has 2 heterocycles. The summed E-state index contributed by atoms with van der Waals surface area (Å²) in [5.41, 5.74) is 2.19. The van der Waals surface area contributed by atoms with E-state index in [-0.39, 0.29) is 17.0 Å². The number of carbonyl (C=O) groups is 2. The van der Waals surface area contributed by atoms with Crippen molar-refractivity contribution in [3.63, 3.8) is 0 Å². The molecule has 152 valence electrons. The Labute approximate surface area is 170 Å². The molecule has 2 amide bonds. The molecule has 29 heavy (non-hydrogen) atoms. The number of sulfonamides is 1. The highest BCUT2D eigenvalue weighted by Crippen LogP contribution is 2.29. The number of amides is 2. The van der Waals surface area contributed by atoms with Crippen LogP contribution in [0.4, 0.5) is 5.69 Å². The highest BCUT2D eigenvalue weighted by molar-refractivity contribution is 7.90. The SMILES string of the molecule is O=C(CN1C(=O)c2ccccc2S1(=O)=O)NCc1ccc(N2CCCCC2)cc1. The number of fused-ring (bicyclic) bond motifs is 1. The largest absolute Gasteiger partial charge is 0.372 e. The van der Waals surface area contributed by atoms with E-state index in [0.717, 1.165) is 18.7 Å². The van der Waals surface area contributed by atoms with Crippen molar-refractivity contribution < 1.29 is 18.0 Å². The van der Waals surface area contributed by atoms with Gasteiger partial charge in [-0.15, -0.1) is 0 Å². The first kappa shape index (κ1) is 19.4. The van der Waals surface area contributed by atoms with E-state index in [2.05, 4.69) is 10.2 Å². The minimum atomic E-state index is -3.97. The molecule has 0 atom stereocenters. The van der Waals surface area contributed by atoms with Crippen LogP contribution in [0.3, 0.4) is 0 Å². The molecule has 1 saturated heterocycles. The summed E-state index contributed by atoms with van der Waals surface area (Å²) in [6.45, 7) is 1.88. The summed E-state index contributed by atoms with van der Waals surface area (Å²) in [6.07, 6.45) is 3.69. The predicted molar refractivity (Wildman–Crippen MR) is 109 cm³/mol. The van der Waals surface area contributed by atoms with Crippen molar-refractivity contribution in [3.05, 3.63) is 59.7 Å². The second kappa shape index (κ2) is 7.87. The first-order valence-corrected chi connectivity index (χ1v) is 11.2. The maximum absolute atomic E-state index is 12.5. The lowest BCUT2D eigenvalue weighted by Gasteiger charge is -2.28. The lowest BCUT2D eigenvalue weighted by Crippen LogP contribution is -2.40. The maximum Gasteiger partial charge on any atom is 0.269 e. The third-order valence-corrected chi connectivity index (χ3v) is 7.13. The number of carbonyl (C=O) groups excluding carboxylic acids is 2. The summed E-state index contributed by atoms with van der Waals surface area (Å²) in [4.78, 5) is 27.0. The topological polar surface area (TPSA) is 86.8 Å². The van der Waals surface area contributed by atoms with E-state index in [9.17, 15) is 18.0 Å². The van der Waals surface area contributed by atoms with Crippen LogP contribution in [0.25, 0.3) is 0 Å². The first-order valence-electron chi connectivity index (χ1n) is 9.73. The Bertz CT molecular complexity index is 1030. The molecule has 0 spiro atoms. The average molecular weight is 413 g/mol. The first-order chi connectivity index (χ1) is 14.0. The molecule has 7 nitrogen and oxygen atoms in total. The summed E-state index contributed by atoms with van der Waals surface area (Å²) >= 11 is 0. The number of nitrogens with zero attached hydrogens (tertiary/aromatic N) is 2. The third kappa shape index (κ3) is 3.85. The summed E-state index contributed by atoms with van der Waals surface area (Å²) in [7, 11) is -3.97. The number of hydrogen-bond acceptors (Lipinski definition) is 5. The van der Waals surface area contributed by atoms with Crippen LogP contribution < -0.4 is 10.2 Å². The maximum atomic E-state index is 12.5. The standard InChI is InChI=1S/C21H23N3O4S/c25-20(15-24-21(26)18-6-2-3-7-19(18)29(24,27)28)22-14-16-8-10-17(11-9-16)23-12-4-1-5-13-23/h2-3,6-11H,1,4-5,12-15H2,(H,22,25). The Kier molecular flexibility index (Phi) is 5.27. The van der Waals surface area contributed by atoms with E-state index in [1.54, 1.807) is 12.1 Å². The molecule has 0 aromatic heterocycles. The zero-order valence-corrected chi connectivity index (χ0v) is 16.8. The molecule has 0 unspecified atom stereocenters. The van der Waals surface area contributed by atoms with Gasteiger partial charge in [0.25, 0.3) is 15.9 Å². The molecule has 2 aliphatic rings. The Morgan fingerprint density at radius 1 is 0.966 bits per heavy atom. The van der Waals surface area contributed by atoms with E-state index in [1.807, 2.05) is 24.3 Å². The quantitative estimate of drug-likeness (QED) is 0.812. The zero-order chi connectivity index (χ0) is 20.4. The molecule has 1 fully saturated rings. The van der Waals surface area contributed by atoms with Gasteiger partial charge in [-0.25, -0.2) is 12.7 Å². The van der Waals surface area contributed by atoms with Crippen LogP contribution in [-0.4, -0.2) is 44.2 Å². The van der Waals surface area contributed by atoms with Gasteiger partial charge in [-0.1, -0.05) is 24.3 Å². The van der Waals surface area contributed by atoms with Crippen molar-refractivity contribution in [2.24, 2.45) is 0 Å². The van der Waals surface area contributed by atoms with Gasteiger partial charge in [0.15, 0.2) is 0 Å². The van der Waals surface area contributed by atoms with E-state index >= 15 is 0 Å². The van der Waals surface area contributed by atoms with Gasteiger partial charge < -0.3 is 10.2 Å². The van der Waals surface area contributed by atoms with Gasteiger partial charge in [-0.3, -0.25) is 9.59 Å². The van der Waals surface area contributed by atoms with Crippen LogP contribution in [0.1, 0.15) is 35.2 Å². The second-order valence-corrected chi connectivity index (χ2v) is 9.13. The number of benzene rings is 2. The van der Waals surface area contributed by atoms with Crippen molar-refractivity contribution in [2.45, 2.75) is 30.7 Å². The lowest BCUT2D eigenvalue weighted by molar-refractivity contribution is -0.121. The lowest BCUT2D eigenvalue weighted by atomic mass is 10.1. The molecule has 0 bridgehead atoms. The summed E-state index contributed by atoms with van der Waals surface area (Å²) in [5.74, 6) is -1.18. The molecular formula is C21H23N3O4S. The van der Waals surface area contributed by atoms with Gasteiger partial charge in [0.1, 0.15) is 11.4 Å². The molecule has 8 heteroatoms. The van der Waals surface area contributed by atoms with Gasteiger partial charge >= 0.3 is 0 Å². The summed E-state index contributed by atoms with van der Waals surface area (Å²) < 4.78 is 25.7. The minimum absolute atomic E-state index is 0.0499. The Hall–Kier alpha value is -2.87. The van der Waals surface area contributed by atoms with Crippen LogP contribution in [0, 0.1) is 0 Å². The molecule has 0 saturated carbocycles. The number of nitrogens with one attached hydrogen (secondary N) is 1. The van der Waals surface area contributed by atoms with Gasteiger partial charge in [-0.05, 0) is 49.1 Å². The molecule has 2 aromatic carbocycles. The van der Waals surface area contributed by atoms with E-state index in [4.69, 9.17) is 0 Å².